The standard InChI is InChI=1S/C17H28N2O/c1-5-6-7-8-17(3,4)12-19-16(20)14-9-13(2)10-15(18)11-14/h9-11H,5-8,12,18H2,1-4H3,(H,19,20). The third-order valence-electron chi connectivity index (χ3n) is 3.55. The molecule has 1 rings (SSSR count). The van der Waals surface area contributed by atoms with E-state index in [1.54, 1.807) is 6.07 Å². The normalized spacial score (nSPS) is 11.4. The lowest BCUT2D eigenvalue weighted by molar-refractivity contribution is 0.0934. The first-order valence-corrected chi connectivity index (χ1v) is 7.49. The molecule has 0 unspecified atom stereocenters. The molecular formula is C17H28N2O. The van der Waals surface area contributed by atoms with E-state index in [2.05, 4.69) is 26.1 Å². The second-order valence-electron chi connectivity index (χ2n) is 6.44. The molecule has 0 aromatic heterocycles. The number of anilines is 1. The number of nitrogens with two attached hydrogens (primary N) is 1. The Bertz CT molecular complexity index is 432. The molecule has 3 heteroatoms. The highest BCUT2D eigenvalue weighted by Crippen LogP contribution is 2.23. The van der Waals surface area contributed by atoms with Gasteiger partial charge < -0.3 is 11.1 Å². The van der Waals surface area contributed by atoms with Crippen LogP contribution in [0.3, 0.4) is 0 Å². The predicted octanol–water partition coefficient (Wildman–Crippen LogP) is 3.91. The second kappa shape index (κ2) is 7.32. The van der Waals surface area contributed by atoms with Gasteiger partial charge in [0.05, 0.1) is 0 Å². The molecule has 112 valence electrons. The SMILES string of the molecule is CCCCCC(C)(C)CNC(=O)c1cc(C)cc(N)c1. The summed E-state index contributed by atoms with van der Waals surface area (Å²) in [5, 5.41) is 3.03. The van der Waals surface area contributed by atoms with E-state index >= 15 is 0 Å². The van der Waals surface area contributed by atoms with E-state index in [1.807, 2.05) is 19.1 Å². The molecule has 0 saturated carbocycles. The highest BCUT2D eigenvalue weighted by atomic mass is 16.1. The average Bonchev–Trinajstić information content (AvgIpc) is 2.35. The molecule has 20 heavy (non-hydrogen) atoms. The second-order valence-corrected chi connectivity index (χ2v) is 6.44. The van der Waals surface area contributed by atoms with Crippen LogP contribution in [-0.2, 0) is 0 Å². The summed E-state index contributed by atoms with van der Waals surface area (Å²) in [6.45, 7) is 9.25. The first-order chi connectivity index (χ1) is 9.34. The lowest BCUT2D eigenvalue weighted by Crippen LogP contribution is -2.34. The molecule has 1 aromatic carbocycles. The molecule has 3 nitrogen and oxygen atoms in total. The third kappa shape index (κ3) is 5.64. The van der Waals surface area contributed by atoms with E-state index < -0.39 is 0 Å². The van der Waals surface area contributed by atoms with E-state index in [1.165, 1.54) is 19.3 Å². The lowest BCUT2D eigenvalue weighted by atomic mass is 9.87. The summed E-state index contributed by atoms with van der Waals surface area (Å²) in [6.07, 6.45) is 4.84. The largest absolute Gasteiger partial charge is 0.399 e. The van der Waals surface area contributed by atoms with Crippen LogP contribution in [0.1, 0.15) is 62.4 Å². The Labute approximate surface area is 122 Å². The van der Waals surface area contributed by atoms with Crippen LogP contribution in [0.4, 0.5) is 5.69 Å². The van der Waals surface area contributed by atoms with E-state index in [0.29, 0.717) is 17.8 Å². The van der Waals surface area contributed by atoms with Gasteiger partial charge in [0.1, 0.15) is 0 Å². The lowest BCUT2D eigenvalue weighted by Gasteiger charge is -2.25. The molecule has 0 bridgehead atoms. The molecule has 0 saturated heterocycles. The van der Waals surface area contributed by atoms with Crippen molar-refractivity contribution in [3.05, 3.63) is 29.3 Å². The number of hydrogen-bond acceptors (Lipinski definition) is 2. The fourth-order valence-corrected chi connectivity index (χ4v) is 2.31. The van der Waals surface area contributed by atoms with Gasteiger partial charge in [0, 0.05) is 17.8 Å². The summed E-state index contributed by atoms with van der Waals surface area (Å²) in [5.41, 5.74) is 8.21. The van der Waals surface area contributed by atoms with E-state index in [4.69, 9.17) is 5.73 Å². The smallest absolute Gasteiger partial charge is 0.251 e. The van der Waals surface area contributed by atoms with Crippen LogP contribution in [0, 0.1) is 12.3 Å². The van der Waals surface area contributed by atoms with Gasteiger partial charge in [-0.2, -0.15) is 0 Å². The van der Waals surface area contributed by atoms with E-state index in [9.17, 15) is 4.79 Å². The minimum absolute atomic E-state index is 0.0380. The third-order valence-corrected chi connectivity index (χ3v) is 3.55. The highest BCUT2D eigenvalue weighted by Gasteiger charge is 2.18. The predicted molar refractivity (Wildman–Crippen MR) is 85.8 cm³/mol. The van der Waals surface area contributed by atoms with Crippen LogP contribution in [-0.4, -0.2) is 12.5 Å². The zero-order chi connectivity index (χ0) is 15.2. The number of carbonyl (C=O) groups excluding carboxylic acids is 1. The maximum atomic E-state index is 12.2. The average molecular weight is 276 g/mol. The highest BCUT2D eigenvalue weighted by molar-refractivity contribution is 5.95. The number of nitrogens with one attached hydrogen (secondary N) is 1. The molecule has 0 aliphatic rings. The minimum Gasteiger partial charge on any atom is -0.399 e. The van der Waals surface area contributed by atoms with Crippen molar-refractivity contribution in [3.63, 3.8) is 0 Å². The van der Waals surface area contributed by atoms with E-state index in [0.717, 1.165) is 12.0 Å². The maximum Gasteiger partial charge on any atom is 0.251 e. The molecule has 0 aliphatic carbocycles. The Morgan fingerprint density at radius 3 is 2.55 bits per heavy atom. The van der Waals surface area contributed by atoms with Gasteiger partial charge in [0.25, 0.3) is 5.91 Å². The van der Waals surface area contributed by atoms with Gasteiger partial charge in [-0.1, -0.05) is 40.0 Å². The quantitative estimate of drug-likeness (QED) is 0.586. The van der Waals surface area contributed by atoms with Crippen LogP contribution in [0.5, 0.6) is 0 Å². The Balaban J connectivity index is 2.53. The van der Waals surface area contributed by atoms with Crippen molar-refractivity contribution >= 4 is 11.6 Å². The van der Waals surface area contributed by atoms with Crippen molar-refractivity contribution in [2.75, 3.05) is 12.3 Å². The molecule has 0 heterocycles. The fourth-order valence-electron chi connectivity index (χ4n) is 2.31. The number of nitrogen functional groups attached to an aromatic ring is 1. The van der Waals surface area contributed by atoms with Crippen molar-refractivity contribution in [2.45, 2.75) is 53.4 Å². The van der Waals surface area contributed by atoms with Crippen molar-refractivity contribution in [3.8, 4) is 0 Å². The van der Waals surface area contributed by atoms with Crippen LogP contribution in [0.2, 0.25) is 0 Å². The van der Waals surface area contributed by atoms with Crippen molar-refractivity contribution < 1.29 is 4.79 Å². The molecule has 0 aliphatic heterocycles. The first-order valence-electron chi connectivity index (χ1n) is 7.49. The fraction of sp³-hybridized carbons (Fsp3) is 0.588. The summed E-state index contributed by atoms with van der Waals surface area (Å²) in [5.74, 6) is -0.0380. The van der Waals surface area contributed by atoms with Crippen molar-refractivity contribution in [1.82, 2.24) is 5.32 Å². The van der Waals surface area contributed by atoms with Gasteiger partial charge in [-0.25, -0.2) is 0 Å². The zero-order valence-corrected chi connectivity index (χ0v) is 13.3. The van der Waals surface area contributed by atoms with Gasteiger partial charge in [0.2, 0.25) is 0 Å². The number of aryl methyl sites for hydroxylation is 1. The summed E-state index contributed by atoms with van der Waals surface area (Å²) < 4.78 is 0. The number of amides is 1. The molecule has 1 aromatic rings. The molecule has 3 N–H and O–H groups in total. The van der Waals surface area contributed by atoms with Gasteiger partial charge in [-0.3, -0.25) is 4.79 Å². The van der Waals surface area contributed by atoms with Crippen LogP contribution in [0.25, 0.3) is 0 Å². The monoisotopic (exact) mass is 276 g/mol. The van der Waals surface area contributed by atoms with Crippen molar-refractivity contribution in [1.29, 1.82) is 0 Å². The number of unbranched alkanes of at least 4 members (excludes halogenated alkanes) is 2. The number of benzene rings is 1. The number of rotatable bonds is 7. The topological polar surface area (TPSA) is 55.1 Å². The van der Waals surface area contributed by atoms with Crippen molar-refractivity contribution in [2.24, 2.45) is 5.41 Å². The summed E-state index contributed by atoms with van der Waals surface area (Å²) >= 11 is 0. The van der Waals surface area contributed by atoms with Crippen LogP contribution < -0.4 is 11.1 Å². The number of hydrogen-bond donors (Lipinski definition) is 2. The Morgan fingerprint density at radius 2 is 1.95 bits per heavy atom. The molecule has 0 spiro atoms. The molecule has 0 radical (unpaired) electrons. The van der Waals surface area contributed by atoms with Gasteiger partial charge >= 0.3 is 0 Å². The Morgan fingerprint density at radius 1 is 1.25 bits per heavy atom. The van der Waals surface area contributed by atoms with Gasteiger partial charge in [-0.05, 0) is 42.5 Å². The summed E-state index contributed by atoms with van der Waals surface area (Å²) in [4.78, 5) is 12.2. The maximum absolute atomic E-state index is 12.2. The molecular weight excluding hydrogens is 248 g/mol. The van der Waals surface area contributed by atoms with Gasteiger partial charge in [0.15, 0.2) is 0 Å². The number of carbonyl (C=O) groups is 1. The van der Waals surface area contributed by atoms with Crippen LogP contribution in [0.15, 0.2) is 18.2 Å². The molecule has 0 fully saturated rings. The van der Waals surface area contributed by atoms with Gasteiger partial charge in [-0.15, -0.1) is 0 Å². The summed E-state index contributed by atoms with van der Waals surface area (Å²) in [7, 11) is 0. The molecule has 1 amide bonds. The first kappa shape index (κ1) is 16.5. The van der Waals surface area contributed by atoms with E-state index in [-0.39, 0.29) is 11.3 Å². The zero-order valence-electron chi connectivity index (χ0n) is 13.3. The Hall–Kier alpha value is -1.51. The minimum atomic E-state index is -0.0380. The summed E-state index contributed by atoms with van der Waals surface area (Å²) in [6, 6.07) is 5.47. The molecule has 0 atom stereocenters. The van der Waals surface area contributed by atoms with Crippen LogP contribution >= 0.6 is 0 Å². The Kier molecular flexibility index (Phi) is 6.05.